The summed E-state index contributed by atoms with van der Waals surface area (Å²) in [5, 5.41) is 22.9. The molecule has 0 fully saturated rings. The normalized spacial score (nSPS) is 11.4. The van der Waals surface area contributed by atoms with Crippen molar-refractivity contribution in [2.24, 2.45) is 5.41 Å². The molecule has 0 spiro atoms. The summed E-state index contributed by atoms with van der Waals surface area (Å²) in [6.45, 7) is 4.11. The molecule has 0 radical (unpaired) electrons. The standard InChI is InChI=1S/C24H44O6/c1-3-5-7-8-9-10-11-12-13-14-15-16-17-18-19-24(21(25)26,22(27)28)23(29)30-20-6-4-2/h3-20H2,1-2H3,(H,25,26)(H,27,28)/p-2. The first-order valence-corrected chi connectivity index (χ1v) is 12.0. The van der Waals surface area contributed by atoms with Crippen LogP contribution in [-0.4, -0.2) is 24.5 Å². The lowest BCUT2D eigenvalue weighted by atomic mass is 9.82. The molecule has 30 heavy (non-hydrogen) atoms. The fourth-order valence-corrected chi connectivity index (χ4v) is 3.57. The molecule has 0 aliphatic heterocycles. The lowest BCUT2D eigenvalue weighted by molar-refractivity contribution is -0.341. The number of esters is 1. The Labute approximate surface area is 182 Å². The van der Waals surface area contributed by atoms with Crippen LogP contribution in [0.15, 0.2) is 0 Å². The van der Waals surface area contributed by atoms with E-state index in [1.54, 1.807) is 0 Å². The number of carboxylic acid groups (broad SMARTS) is 2. The molecule has 6 nitrogen and oxygen atoms in total. The Hall–Kier alpha value is -1.59. The zero-order valence-electron chi connectivity index (χ0n) is 19.2. The van der Waals surface area contributed by atoms with Gasteiger partial charge in [0.05, 0.1) is 18.5 Å². The van der Waals surface area contributed by atoms with E-state index in [2.05, 4.69) is 6.92 Å². The second-order valence-electron chi connectivity index (χ2n) is 8.32. The number of ether oxygens (including phenoxy) is 1. The third-order valence-corrected chi connectivity index (χ3v) is 5.68. The first-order valence-electron chi connectivity index (χ1n) is 12.0. The van der Waals surface area contributed by atoms with Crippen LogP contribution >= 0.6 is 0 Å². The molecule has 0 amide bonds. The molecule has 0 aliphatic carbocycles. The van der Waals surface area contributed by atoms with Crippen LogP contribution in [0.1, 0.15) is 123 Å². The molecular formula is C24H42O6-2. The molecule has 0 aromatic carbocycles. The van der Waals surface area contributed by atoms with E-state index in [0.717, 1.165) is 25.7 Å². The number of carboxylic acids is 2. The van der Waals surface area contributed by atoms with Gasteiger partial charge in [0.15, 0.2) is 0 Å². The van der Waals surface area contributed by atoms with Crippen LogP contribution in [0.2, 0.25) is 0 Å². The maximum Gasteiger partial charge on any atom is 0.323 e. The van der Waals surface area contributed by atoms with Crippen molar-refractivity contribution < 1.29 is 29.3 Å². The minimum absolute atomic E-state index is 0.00359. The fourth-order valence-electron chi connectivity index (χ4n) is 3.57. The number of hydrogen-bond donors (Lipinski definition) is 0. The first kappa shape index (κ1) is 28.4. The van der Waals surface area contributed by atoms with Crippen molar-refractivity contribution in [1.29, 1.82) is 0 Å². The van der Waals surface area contributed by atoms with Gasteiger partial charge >= 0.3 is 5.97 Å². The quantitative estimate of drug-likeness (QED) is 0.157. The summed E-state index contributed by atoms with van der Waals surface area (Å²) >= 11 is 0. The van der Waals surface area contributed by atoms with Crippen LogP contribution in [0, 0.1) is 5.41 Å². The Morgan fingerprint density at radius 3 is 1.33 bits per heavy atom. The molecule has 0 rings (SSSR count). The van der Waals surface area contributed by atoms with Gasteiger partial charge in [-0.1, -0.05) is 110 Å². The van der Waals surface area contributed by atoms with Gasteiger partial charge in [0, 0.05) is 0 Å². The minimum atomic E-state index is -2.70. The van der Waals surface area contributed by atoms with E-state index in [1.807, 2.05) is 6.92 Å². The summed E-state index contributed by atoms with van der Waals surface area (Å²) in [6, 6.07) is 0. The number of hydrogen-bond acceptors (Lipinski definition) is 6. The Kier molecular flexibility index (Phi) is 17.2. The Morgan fingerprint density at radius 1 is 0.600 bits per heavy atom. The highest BCUT2D eigenvalue weighted by atomic mass is 16.5. The van der Waals surface area contributed by atoms with Crippen molar-refractivity contribution in [1.82, 2.24) is 0 Å². The van der Waals surface area contributed by atoms with Gasteiger partial charge in [0.1, 0.15) is 5.41 Å². The average Bonchev–Trinajstić information content (AvgIpc) is 2.70. The fraction of sp³-hybridized carbons (Fsp3) is 0.875. The van der Waals surface area contributed by atoms with E-state index in [1.165, 1.54) is 57.8 Å². The molecule has 0 heterocycles. The van der Waals surface area contributed by atoms with Gasteiger partial charge in [-0.2, -0.15) is 0 Å². The summed E-state index contributed by atoms with van der Waals surface area (Å²) in [5.74, 6) is -5.16. The summed E-state index contributed by atoms with van der Waals surface area (Å²) in [6.07, 6.45) is 16.7. The Bertz CT molecular complexity index is 460. The highest BCUT2D eigenvalue weighted by Gasteiger charge is 2.43. The Balaban J connectivity index is 4.00. The molecule has 0 aromatic rings. The third kappa shape index (κ3) is 11.6. The number of carbonyl (C=O) groups excluding carboxylic acids is 3. The summed E-state index contributed by atoms with van der Waals surface area (Å²) in [4.78, 5) is 35.1. The largest absolute Gasteiger partial charge is 0.548 e. The molecule has 0 bridgehead atoms. The maximum atomic E-state index is 12.1. The van der Waals surface area contributed by atoms with Gasteiger partial charge < -0.3 is 24.5 Å². The molecule has 0 aliphatic rings. The van der Waals surface area contributed by atoms with Gasteiger partial charge in [-0.15, -0.1) is 0 Å². The molecule has 176 valence electrons. The molecule has 0 unspecified atom stereocenters. The van der Waals surface area contributed by atoms with Crippen LogP contribution in [0.4, 0.5) is 0 Å². The molecule has 6 heteroatoms. The van der Waals surface area contributed by atoms with E-state index in [0.29, 0.717) is 19.3 Å². The van der Waals surface area contributed by atoms with Gasteiger partial charge in [0.2, 0.25) is 0 Å². The Morgan fingerprint density at radius 2 is 0.967 bits per heavy atom. The van der Waals surface area contributed by atoms with Crippen molar-refractivity contribution >= 4 is 17.9 Å². The highest BCUT2D eigenvalue weighted by molar-refractivity contribution is 6.15. The molecule has 0 saturated carbocycles. The lowest BCUT2D eigenvalue weighted by Gasteiger charge is -2.33. The monoisotopic (exact) mass is 426 g/mol. The predicted octanol–water partition coefficient (Wildman–Crippen LogP) is 3.69. The maximum absolute atomic E-state index is 12.1. The van der Waals surface area contributed by atoms with Crippen LogP contribution in [0.3, 0.4) is 0 Å². The van der Waals surface area contributed by atoms with Gasteiger partial charge in [-0.3, -0.25) is 4.79 Å². The molecule has 0 saturated heterocycles. The molecular weight excluding hydrogens is 384 g/mol. The molecule has 0 N–H and O–H groups in total. The van der Waals surface area contributed by atoms with Crippen LogP contribution in [0.5, 0.6) is 0 Å². The lowest BCUT2D eigenvalue weighted by Crippen LogP contribution is -2.59. The molecule has 0 aromatic heterocycles. The van der Waals surface area contributed by atoms with Gasteiger partial charge in [-0.25, -0.2) is 0 Å². The number of carbonyl (C=O) groups is 3. The zero-order chi connectivity index (χ0) is 22.7. The van der Waals surface area contributed by atoms with E-state index >= 15 is 0 Å². The molecule has 0 atom stereocenters. The first-order chi connectivity index (χ1) is 14.4. The van der Waals surface area contributed by atoms with Crippen molar-refractivity contribution in [2.45, 2.75) is 123 Å². The van der Waals surface area contributed by atoms with Crippen LogP contribution < -0.4 is 10.2 Å². The number of rotatable bonds is 21. The summed E-state index contributed by atoms with van der Waals surface area (Å²) in [7, 11) is 0. The minimum Gasteiger partial charge on any atom is -0.548 e. The van der Waals surface area contributed by atoms with E-state index in [-0.39, 0.29) is 13.0 Å². The topological polar surface area (TPSA) is 107 Å². The SMILES string of the molecule is CCCCCCCCCCCCCCCCC(C(=O)[O-])(C(=O)[O-])C(=O)OCCCC. The van der Waals surface area contributed by atoms with E-state index in [9.17, 15) is 24.6 Å². The zero-order valence-corrected chi connectivity index (χ0v) is 19.2. The summed E-state index contributed by atoms with van der Waals surface area (Å²) in [5.41, 5.74) is -2.70. The smallest absolute Gasteiger partial charge is 0.323 e. The third-order valence-electron chi connectivity index (χ3n) is 5.68. The second kappa shape index (κ2) is 18.2. The number of unbranched alkanes of at least 4 members (excludes halogenated alkanes) is 14. The predicted molar refractivity (Wildman–Crippen MR) is 113 cm³/mol. The van der Waals surface area contributed by atoms with Crippen molar-refractivity contribution in [3.8, 4) is 0 Å². The van der Waals surface area contributed by atoms with Gasteiger partial charge in [0.25, 0.3) is 0 Å². The van der Waals surface area contributed by atoms with Crippen LogP contribution in [-0.2, 0) is 19.1 Å². The number of aliphatic carboxylic acids is 2. The summed E-state index contributed by atoms with van der Waals surface area (Å²) < 4.78 is 4.86. The van der Waals surface area contributed by atoms with Crippen molar-refractivity contribution in [3.05, 3.63) is 0 Å². The second-order valence-corrected chi connectivity index (χ2v) is 8.32. The van der Waals surface area contributed by atoms with Crippen molar-refractivity contribution in [3.63, 3.8) is 0 Å². The van der Waals surface area contributed by atoms with Crippen LogP contribution in [0.25, 0.3) is 0 Å². The average molecular weight is 427 g/mol. The van der Waals surface area contributed by atoms with E-state index < -0.39 is 23.3 Å². The van der Waals surface area contributed by atoms with E-state index in [4.69, 9.17) is 4.74 Å². The highest BCUT2D eigenvalue weighted by Crippen LogP contribution is 2.27. The van der Waals surface area contributed by atoms with Crippen molar-refractivity contribution in [2.75, 3.05) is 6.61 Å². The van der Waals surface area contributed by atoms with Gasteiger partial charge in [-0.05, 0) is 12.8 Å².